The summed E-state index contributed by atoms with van der Waals surface area (Å²) in [4.78, 5) is 19.5. The molecule has 2 aromatic rings. The van der Waals surface area contributed by atoms with E-state index >= 15 is 0 Å². The molecule has 15 heavy (non-hydrogen) atoms. The molecule has 2 rings (SSSR count). The van der Waals surface area contributed by atoms with Gasteiger partial charge in [-0.05, 0) is 19.1 Å². The maximum absolute atomic E-state index is 10.8. The molecular weight excluding hydrogens is 212 g/mol. The van der Waals surface area contributed by atoms with Crippen molar-refractivity contribution < 1.29 is 9.90 Å². The fraction of sp³-hybridized carbons (Fsp3) is 0.100. The molecule has 0 radical (unpaired) electrons. The number of hydrogen-bond acceptors (Lipinski definition) is 4. The van der Waals surface area contributed by atoms with Gasteiger partial charge in [0.2, 0.25) is 0 Å². The minimum atomic E-state index is -0.982. The summed E-state index contributed by atoms with van der Waals surface area (Å²) < 4.78 is 0. The SMILES string of the molecule is Cc1sc(-c2ccncc2)nc1C(=O)O. The number of carbonyl (C=O) groups is 1. The first kappa shape index (κ1) is 9.79. The van der Waals surface area contributed by atoms with Gasteiger partial charge in [0.15, 0.2) is 5.69 Å². The van der Waals surface area contributed by atoms with Crippen molar-refractivity contribution >= 4 is 17.3 Å². The van der Waals surface area contributed by atoms with Crippen LogP contribution in [0.15, 0.2) is 24.5 Å². The second-order valence-corrected chi connectivity index (χ2v) is 4.17. The number of carboxylic acids is 1. The van der Waals surface area contributed by atoms with Gasteiger partial charge in [0.25, 0.3) is 0 Å². The van der Waals surface area contributed by atoms with Crippen LogP contribution in [-0.2, 0) is 0 Å². The van der Waals surface area contributed by atoms with Crippen LogP contribution in [0.5, 0.6) is 0 Å². The number of thiazole rings is 1. The lowest BCUT2D eigenvalue weighted by Gasteiger charge is -1.92. The van der Waals surface area contributed by atoms with Gasteiger partial charge in [-0.1, -0.05) is 0 Å². The van der Waals surface area contributed by atoms with Crippen LogP contribution in [0.4, 0.5) is 0 Å². The van der Waals surface area contributed by atoms with Gasteiger partial charge in [-0.2, -0.15) is 0 Å². The fourth-order valence-corrected chi connectivity index (χ4v) is 2.12. The third-order valence-corrected chi connectivity index (χ3v) is 2.95. The van der Waals surface area contributed by atoms with Crippen LogP contribution in [0, 0.1) is 6.92 Å². The summed E-state index contributed by atoms with van der Waals surface area (Å²) in [6, 6.07) is 3.62. The van der Waals surface area contributed by atoms with Gasteiger partial charge in [-0.25, -0.2) is 9.78 Å². The molecule has 0 bridgehead atoms. The Morgan fingerprint density at radius 1 is 1.40 bits per heavy atom. The first-order valence-electron chi connectivity index (χ1n) is 4.29. The van der Waals surface area contributed by atoms with Gasteiger partial charge >= 0.3 is 5.97 Å². The molecule has 2 heterocycles. The van der Waals surface area contributed by atoms with Crippen molar-refractivity contribution in [2.45, 2.75) is 6.92 Å². The average Bonchev–Trinajstić information content (AvgIpc) is 2.62. The van der Waals surface area contributed by atoms with E-state index in [9.17, 15) is 4.79 Å². The highest BCUT2D eigenvalue weighted by molar-refractivity contribution is 7.15. The van der Waals surface area contributed by atoms with Gasteiger partial charge in [-0.15, -0.1) is 11.3 Å². The number of aromatic carboxylic acids is 1. The maximum Gasteiger partial charge on any atom is 0.355 e. The molecule has 0 fully saturated rings. The molecule has 0 spiro atoms. The lowest BCUT2D eigenvalue weighted by molar-refractivity contribution is 0.0690. The summed E-state index contributed by atoms with van der Waals surface area (Å²) in [6.45, 7) is 1.76. The Labute approximate surface area is 90.3 Å². The van der Waals surface area contributed by atoms with Gasteiger partial charge < -0.3 is 5.11 Å². The standard InChI is InChI=1S/C10H8N2O2S/c1-6-8(10(13)14)12-9(15-6)7-2-4-11-5-3-7/h2-5H,1H3,(H,13,14). The normalized spacial score (nSPS) is 10.2. The summed E-state index contributed by atoms with van der Waals surface area (Å²) in [7, 11) is 0. The van der Waals surface area contributed by atoms with E-state index in [0.717, 1.165) is 5.56 Å². The maximum atomic E-state index is 10.8. The number of aromatic nitrogens is 2. The molecule has 0 aliphatic carbocycles. The zero-order chi connectivity index (χ0) is 10.8. The average molecular weight is 220 g/mol. The summed E-state index contributed by atoms with van der Waals surface area (Å²) >= 11 is 1.38. The number of pyridine rings is 1. The summed E-state index contributed by atoms with van der Waals surface area (Å²) in [5.74, 6) is -0.982. The van der Waals surface area contributed by atoms with Crippen LogP contribution in [0.1, 0.15) is 15.4 Å². The van der Waals surface area contributed by atoms with E-state index in [0.29, 0.717) is 9.88 Å². The molecule has 0 atom stereocenters. The van der Waals surface area contributed by atoms with Crippen LogP contribution in [0.3, 0.4) is 0 Å². The van der Waals surface area contributed by atoms with E-state index in [2.05, 4.69) is 9.97 Å². The van der Waals surface area contributed by atoms with E-state index in [1.807, 2.05) is 12.1 Å². The zero-order valence-electron chi connectivity index (χ0n) is 7.97. The zero-order valence-corrected chi connectivity index (χ0v) is 8.78. The number of hydrogen-bond donors (Lipinski definition) is 1. The van der Waals surface area contributed by atoms with Crippen LogP contribution in [0.2, 0.25) is 0 Å². The molecule has 2 aromatic heterocycles. The van der Waals surface area contributed by atoms with Crippen molar-refractivity contribution in [2.75, 3.05) is 0 Å². The number of aryl methyl sites for hydroxylation is 1. The predicted octanol–water partition coefficient (Wildman–Crippen LogP) is 2.21. The lowest BCUT2D eigenvalue weighted by atomic mass is 10.3. The quantitative estimate of drug-likeness (QED) is 0.842. The molecule has 0 amide bonds. The Morgan fingerprint density at radius 2 is 2.07 bits per heavy atom. The second kappa shape index (κ2) is 3.78. The molecule has 0 aromatic carbocycles. The van der Waals surface area contributed by atoms with E-state index in [1.165, 1.54) is 11.3 Å². The Hall–Kier alpha value is -1.75. The van der Waals surface area contributed by atoms with Crippen molar-refractivity contribution in [3.05, 3.63) is 35.1 Å². The summed E-state index contributed by atoms with van der Waals surface area (Å²) in [6.07, 6.45) is 3.32. The smallest absolute Gasteiger partial charge is 0.355 e. The van der Waals surface area contributed by atoms with Gasteiger partial charge in [0, 0.05) is 22.8 Å². The van der Waals surface area contributed by atoms with Crippen molar-refractivity contribution in [3.8, 4) is 10.6 Å². The van der Waals surface area contributed by atoms with E-state index in [1.54, 1.807) is 19.3 Å². The highest BCUT2D eigenvalue weighted by Gasteiger charge is 2.14. The molecule has 4 nitrogen and oxygen atoms in total. The first-order valence-corrected chi connectivity index (χ1v) is 5.11. The molecule has 0 aliphatic heterocycles. The number of carboxylic acid groups (broad SMARTS) is 1. The van der Waals surface area contributed by atoms with Gasteiger partial charge in [0.05, 0.1) is 0 Å². The Morgan fingerprint density at radius 3 is 2.60 bits per heavy atom. The Balaban J connectivity index is 2.48. The first-order chi connectivity index (χ1) is 7.18. The third-order valence-electron chi connectivity index (χ3n) is 1.93. The predicted molar refractivity (Wildman–Crippen MR) is 57.0 cm³/mol. The Bertz CT molecular complexity index is 493. The largest absolute Gasteiger partial charge is 0.476 e. The van der Waals surface area contributed by atoms with Crippen molar-refractivity contribution in [1.82, 2.24) is 9.97 Å². The lowest BCUT2D eigenvalue weighted by Crippen LogP contribution is -1.98. The van der Waals surface area contributed by atoms with Crippen molar-refractivity contribution in [3.63, 3.8) is 0 Å². The third kappa shape index (κ3) is 1.87. The molecule has 0 saturated heterocycles. The topological polar surface area (TPSA) is 63.1 Å². The Kier molecular flexibility index (Phi) is 2.47. The van der Waals surface area contributed by atoms with E-state index < -0.39 is 5.97 Å². The van der Waals surface area contributed by atoms with Crippen molar-refractivity contribution in [2.24, 2.45) is 0 Å². The molecule has 0 saturated carbocycles. The molecule has 1 N–H and O–H groups in total. The minimum absolute atomic E-state index is 0.131. The van der Waals surface area contributed by atoms with Crippen LogP contribution in [0.25, 0.3) is 10.6 Å². The molecule has 0 aliphatic rings. The highest BCUT2D eigenvalue weighted by Crippen LogP contribution is 2.26. The van der Waals surface area contributed by atoms with Crippen molar-refractivity contribution in [1.29, 1.82) is 0 Å². The monoisotopic (exact) mass is 220 g/mol. The summed E-state index contributed by atoms with van der Waals surface area (Å²) in [5.41, 5.74) is 1.03. The van der Waals surface area contributed by atoms with Crippen LogP contribution >= 0.6 is 11.3 Å². The molecule has 0 unspecified atom stereocenters. The number of nitrogens with zero attached hydrogens (tertiary/aromatic N) is 2. The van der Waals surface area contributed by atoms with Crippen LogP contribution in [-0.4, -0.2) is 21.0 Å². The van der Waals surface area contributed by atoms with Gasteiger partial charge in [0.1, 0.15) is 5.01 Å². The fourth-order valence-electron chi connectivity index (χ4n) is 1.21. The van der Waals surface area contributed by atoms with Crippen LogP contribution < -0.4 is 0 Å². The molecule has 76 valence electrons. The number of rotatable bonds is 2. The minimum Gasteiger partial charge on any atom is -0.476 e. The molecule has 5 heteroatoms. The summed E-state index contributed by atoms with van der Waals surface area (Å²) in [5, 5.41) is 9.57. The second-order valence-electron chi connectivity index (χ2n) is 2.96. The van der Waals surface area contributed by atoms with Gasteiger partial charge in [-0.3, -0.25) is 4.98 Å². The van der Waals surface area contributed by atoms with E-state index in [-0.39, 0.29) is 5.69 Å². The highest BCUT2D eigenvalue weighted by atomic mass is 32.1. The molecular formula is C10H8N2O2S. The van der Waals surface area contributed by atoms with E-state index in [4.69, 9.17) is 5.11 Å².